The van der Waals surface area contributed by atoms with Crippen molar-refractivity contribution in [2.24, 2.45) is 15.9 Å². The highest BCUT2D eigenvalue weighted by atomic mass is 32.2. The van der Waals surface area contributed by atoms with Crippen LogP contribution in [-0.4, -0.2) is 41.7 Å². The molecule has 0 spiro atoms. The summed E-state index contributed by atoms with van der Waals surface area (Å²) in [6.07, 6.45) is 7.62. The number of nitrogens with zero attached hydrogens (tertiary/aromatic N) is 2. The van der Waals surface area contributed by atoms with Crippen molar-refractivity contribution in [3.05, 3.63) is 59.9 Å². The third kappa shape index (κ3) is 4.76. The highest BCUT2D eigenvalue weighted by molar-refractivity contribution is 8.00. The second-order valence-corrected chi connectivity index (χ2v) is 7.97. The fourth-order valence-electron chi connectivity index (χ4n) is 3.18. The Morgan fingerprint density at radius 3 is 2.78 bits per heavy atom. The van der Waals surface area contributed by atoms with Gasteiger partial charge in [0, 0.05) is 24.5 Å². The summed E-state index contributed by atoms with van der Waals surface area (Å²) in [5.41, 5.74) is 1.83. The number of amidine groups is 1. The van der Waals surface area contributed by atoms with E-state index in [1.165, 1.54) is 0 Å². The van der Waals surface area contributed by atoms with Crippen LogP contribution in [0.1, 0.15) is 18.4 Å². The van der Waals surface area contributed by atoms with Crippen molar-refractivity contribution in [3.8, 4) is 0 Å². The molecule has 1 aromatic rings. The number of carbonyl (C=O) groups is 1. The van der Waals surface area contributed by atoms with E-state index in [1.54, 1.807) is 0 Å². The Kier molecular flexibility index (Phi) is 5.84. The van der Waals surface area contributed by atoms with Crippen LogP contribution in [0.15, 0.2) is 64.3 Å². The van der Waals surface area contributed by atoms with Crippen LogP contribution in [-0.2, 0) is 20.9 Å². The first-order chi connectivity index (χ1) is 13.3. The van der Waals surface area contributed by atoms with Gasteiger partial charge in [0.25, 0.3) is 5.91 Å². The molecule has 2 aliphatic heterocycles. The monoisotopic (exact) mass is 382 g/mol. The number of hydrogen-bond acceptors (Lipinski definition) is 5. The molecule has 0 aromatic heterocycles. The van der Waals surface area contributed by atoms with Crippen molar-refractivity contribution >= 4 is 29.2 Å². The molecule has 1 aliphatic carbocycles. The maximum absolute atomic E-state index is 12.4. The van der Waals surface area contributed by atoms with Crippen molar-refractivity contribution in [2.75, 3.05) is 19.0 Å². The van der Waals surface area contributed by atoms with Crippen LogP contribution >= 0.6 is 11.8 Å². The smallest absolute Gasteiger partial charge is 0.260 e. The lowest BCUT2D eigenvalue weighted by Gasteiger charge is -2.23. The lowest BCUT2D eigenvalue weighted by atomic mass is 9.96. The molecule has 5 nitrogen and oxygen atoms in total. The largest absolute Gasteiger partial charge is 0.489 e. The van der Waals surface area contributed by atoms with Crippen LogP contribution in [0, 0.1) is 5.92 Å². The van der Waals surface area contributed by atoms with Crippen LogP contribution in [0.5, 0.6) is 0 Å². The van der Waals surface area contributed by atoms with Crippen LogP contribution in [0.2, 0.25) is 0 Å². The van der Waals surface area contributed by atoms with E-state index < -0.39 is 0 Å². The van der Waals surface area contributed by atoms with Gasteiger partial charge in [0.05, 0.1) is 11.5 Å². The maximum Gasteiger partial charge on any atom is 0.260 e. The molecule has 1 fully saturated rings. The van der Waals surface area contributed by atoms with E-state index in [1.807, 2.05) is 60.3 Å². The van der Waals surface area contributed by atoms with Gasteiger partial charge in [-0.3, -0.25) is 4.79 Å². The number of amides is 1. The SMILES string of the molecule is O=C1N=C(CSC2CCOCC2)N=C2C=C(OCc3ccccc3)C=CC12. The van der Waals surface area contributed by atoms with Gasteiger partial charge in [-0.25, -0.2) is 4.99 Å². The van der Waals surface area contributed by atoms with Gasteiger partial charge in [-0.1, -0.05) is 36.4 Å². The predicted octanol–water partition coefficient (Wildman–Crippen LogP) is 3.57. The molecule has 1 unspecified atom stereocenters. The minimum Gasteiger partial charge on any atom is -0.489 e. The normalized spacial score (nSPS) is 22.6. The first-order valence-electron chi connectivity index (χ1n) is 9.24. The number of thioether (sulfide) groups is 1. The summed E-state index contributed by atoms with van der Waals surface area (Å²) < 4.78 is 11.3. The lowest BCUT2D eigenvalue weighted by molar-refractivity contribution is -0.118. The second-order valence-electron chi connectivity index (χ2n) is 6.68. The van der Waals surface area contributed by atoms with Crippen LogP contribution < -0.4 is 0 Å². The average Bonchev–Trinajstić information content (AvgIpc) is 2.72. The Hall–Kier alpha value is -2.18. The Morgan fingerprint density at radius 1 is 1.15 bits per heavy atom. The summed E-state index contributed by atoms with van der Waals surface area (Å²) in [4.78, 5) is 21.2. The number of fused-ring (bicyclic) bond motifs is 1. The number of ether oxygens (including phenoxy) is 2. The minimum absolute atomic E-state index is 0.141. The van der Waals surface area contributed by atoms with Gasteiger partial charge in [-0.05, 0) is 24.5 Å². The Bertz CT molecular complexity index is 808. The first kappa shape index (κ1) is 18.2. The summed E-state index contributed by atoms with van der Waals surface area (Å²) in [5.74, 6) is 1.46. The molecule has 1 aromatic carbocycles. The summed E-state index contributed by atoms with van der Waals surface area (Å²) in [7, 11) is 0. The highest BCUT2D eigenvalue weighted by Crippen LogP contribution is 2.25. The molecule has 0 saturated carbocycles. The molecule has 1 amide bonds. The molecule has 0 N–H and O–H groups in total. The number of allylic oxidation sites excluding steroid dienone is 2. The topological polar surface area (TPSA) is 60.2 Å². The van der Waals surface area contributed by atoms with Gasteiger partial charge in [0.15, 0.2) is 0 Å². The Morgan fingerprint density at radius 2 is 1.96 bits per heavy atom. The lowest BCUT2D eigenvalue weighted by Crippen LogP contribution is -2.29. The molecule has 2 heterocycles. The number of benzene rings is 1. The standard InChI is InChI=1S/C21H22N2O3S/c24-21-18-7-6-16(26-13-15-4-2-1-3-5-15)12-19(18)22-20(23-21)14-27-17-8-10-25-11-9-17/h1-7,12,17-18H,8-11,13-14H2. The summed E-state index contributed by atoms with van der Waals surface area (Å²) >= 11 is 1.81. The molecule has 0 bridgehead atoms. The van der Waals surface area contributed by atoms with E-state index in [0.29, 0.717) is 23.4 Å². The molecular weight excluding hydrogens is 360 g/mol. The highest BCUT2D eigenvalue weighted by Gasteiger charge is 2.28. The summed E-state index contributed by atoms with van der Waals surface area (Å²) in [6, 6.07) is 10.0. The fraction of sp³-hybridized carbons (Fsp3) is 0.381. The molecule has 1 atom stereocenters. The van der Waals surface area contributed by atoms with E-state index in [0.717, 1.165) is 43.1 Å². The van der Waals surface area contributed by atoms with Crippen LogP contribution in [0.3, 0.4) is 0 Å². The average molecular weight is 382 g/mol. The van der Waals surface area contributed by atoms with E-state index in [-0.39, 0.29) is 11.8 Å². The van der Waals surface area contributed by atoms with Gasteiger partial charge in [-0.15, -0.1) is 0 Å². The van der Waals surface area contributed by atoms with Crippen molar-refractivity contribution < 1.29 is 14.3 Å². The quantitative estimate of drug-likeness (QED) is 0.755. The van der Waals surface area contributed by atoms with Gasteiger partial charge >= 0.3 is 0 Å². The second kappa shape index (κ2) is 8.67. The van der Waals surface area contributed by atoms with Crippen molar-refractivity contribution in [1.82, 2.24) is 0 Å². The zero-order valence-electron chi connectivity index (χ0n) is 15.0. The maximum atomic E-state index is 12.4. The van der Waals surface area contributed by atoms with E-state index in [4.69, 9.17) is 9.47 Å². The van der Waals surface area contributed by atoms with Gasteiger partial charge in [-0.2, -0.15) is 16.8 Å². The number of hydrogen-bond donors (Lipinski definition) is 0. The first-order valence-corrected chi connectivity index (χ1v) is 10.3. The Balaban J connectivity index is 1.39. The van der Waals surface area contributed by atoms with Gasteiger partial charge in [0.1, 0.15) is 24.1 Å². The zero-order valence-corrected chi connectivity index (χ0v) is 15.9. The van der Waals surface area contributed by atoms with E-state index >= 15 is 0 Å². The van der Waals surface area contributed by atoms with Crippen molar-refractivity contribution in [1.29, 1.82) is 0 Å². The number of aliphatic imine (C=N–C) groups is 2. The predicted molar refractivity (Wildman–Crippen MR) is 108 cm³/mol. The zero-order chi connectivity index (χ0) is 18.5. The molecule has 1 saturated heterocycles. The van der Waals surface area contributed by atoms with Crippen LogP contribution in [0.4, 0.5) is 0 Å². The van der Waals surface area contributed by atoms with Crippen LogP contribution in [0.25, 0.3) is 0 Å². The fourth-order valence-corrected chi connectivity index (χ4v) is 4.22. The third-order valence-corrected chi connectivity index (χ3v) is 6.06. The summed E-state index contributed by atoms with van der Waals surface area (Å²) in [5, 5.41) is 0.557. The summed E-state index contributed by atoms with van der Waals surface area (Å²) in [6.45, 7) is 2.12. The molecule has 0 radical (unpaired) electrons. The van der Waals surface area contributed by atoms with Crippen molar-refractivity contribution in [2.45, 2.75) is 24.7 Å². The number of rotatable bonds is 6. The van der Waals surface area contributed by atoms with Gasteiger partial charge in [0.2, 0.25) is 0 Å². The van der Waals surface area contributed by atoms with Gasteiger partial charge < -0.3 is 9.47 Å². The molecule has 140 valence electrons. The minimum atomic E-state index is -0.383. The van der Waals surface area contributed by atoms with E-state index in [2.05, 4.69) is 9.98 Å². The van der Waals surface area contributed by atoms with E-state index in [9.17, 15) is 4.79 Å². The van der Waals surface area contributed by atoms with Crippen molar-refractivity contribution in [3.63, 3.8) is 0 Å². The molecular formula is C21H22N2O3S. The number of carbonyl (C=O) groups excluding carboxylic acids is 1. The molecule has 27 heavy (non-hydrogen) atoms. The third-order valence-electron chi connectivity index (χ3n) is 4.69. The molecule has 6 heteroatoms. The Labute approximate surface area is 163 Å². The molecule has 3 aliphatic rings. The molecule has 4 rings (SSSR count).